The maximum absolute atomic E-state index is 5.97. The molecular formula is C9H12NSi. The summed E-state index contributed by atoms with van der Waals surface area (Å²) in [6.07, 6.45) is 1.80. The maximum atomic E-state index is 5.97. The Morgan fingerprint density at radius 3 is 2.55 bits per heavy atom. The van der Waals surface area contributed by atoms with Gasteiger partial charge in [-0.25, -0.2) is 0 Å². The van der Waals surface area contributed by atoms with Crippen molar-refractivity contribution in [1.29, 1.82) is 0 Å². The first-order valence-electron chi connectivity index (χ1n) is 3.56. The van der Waals surface area contributed by atoms with Crippen LogP contribution in [-0.4, -0.2) is 10.2 Å². The fraction of sp³-hybridized carbons (Fsp3) is 0.111. The van der Waals surface area contributed by atoms with Gasteiger partial charge < -0.3 is 5.73 Å². The van der Waals surface area contributed by atoms with Gasteiger partial charge in [0, 0.05) is 15.4 Å². The minimum atomic E-state index is -0.283. The SMILES string of the molecule is C=CC(N)([SiH3])c1cc[c]cc1. The summed E-state index contributed by atoms with van der Waals surface area (Å²) in [6.45, 7) is 3.71. The standard InChI is InChI=1S/C9H12NSi/c1-2-9(10,11)8-6-4-3-5-7-8/h2,4-7H,1,10H2,11H3. The zero-order valence-electron chi connectivity index (χ0n) is 6.67. The van der Waals surface area contributed by atoms with E-state index in [0.29, 0.717) is 0 Å². The van der Waals surface area contributed by atoms with Crippen LogP contribution in [0.5, 0.6) is 0 Å². The summed E-state index contributed by atoms with van der Waals surface area (Å²) in [5.41, 5.74) is 7.09. The van der Waals surface area contributed by atoms with Crippen molar-refractivity contribution in [2.24, 2.45) is 5.73 Å². The van der Waals surface area contributed by atoms with E-state index in [0.717, 1.165) is 15.8 Å². The smallest absolute Gasteiger partial charge is 0.0396 e. The van der Waals surface area contributed by atoms with E-state index >= 15 is 0 Å². The average Bonchev–Trinajstić information content (AvgIpc) is 2.06. The Hall–Kier alpha value is -0.863. The highest BCUT2D eigenvalue weighted by Crippen LogP contribution is 2.13. The number of benzene rings is 1. The van der Waals surface area contributed by atoms with Gasteiger partial charge in [0.25, 0.3) is 0 Å². The second kappa shape index (κ2) is 3.03. The first kappa shape index (κ1) is 8.24. The Kier molecular flexibility index (Phi) is 2.27. The minimum Gasteiger partial charge on any atom is -0.322 e. The second-order valence-electron chi connectivity index (χ2n) is 2.78. The van der Waals surface area contributed by atoms with Crippen molar-refractivity contribution in [3.05, 3.63) is 48.6 Å². The van der Waals surface area contributed by atoms with Crippen molar-refractivity contribution < 1.29 is 0 Å². The molecule has 2 heteroatoms. The minimum absolute atomic E-state index is 0.283. The Bertz CT molecular complexity index is 241. The van der Waals surface area contributed by atoms with Gasteiger partial charge in [-0.3, -0.25) is 0 Å². The molecule has 0 amide bonds. The van der Waals surface area contributed by atoms with E-state index in [1.807, 2.05) is 24.3 Å². The topological polar surface area (TPSA) is 26.0 Å². The van der Waals surface area contributed by atoms with Crippen molar-refractivity contribution in [3.8, 4) is 0 Å². The summed E-state index contributed by atoms with van der Waals surface area (Å²) in [5, 5.41) is -0.283. The van der Waals surface area contributed by atoms with Crippen LogP contribution in [-0.2, 0) is 5.16 Å². The third kappa shape index (κ3) is 1.79. The molecule has 0 fully saturated rings. The van der Waals surface area contributed by atoms with Gasteiger partial charge in [-0.2, -0.15) is 0 Å². The number of nitrogens with two attached hydrogens (primary N) is 1. The molecule has 1 rings (SSSR count). The molecule has 0 saturated heterocycles. The van der Waals surface area contributed by atoms with Crippen molar-refractivity contribution in [3.63, 3.8) is 0 Å². The highest BCUT2D eigenvalue weighted by Gasteiger charge is 2.14. The van der Waals surface area contributed by atoms with Crippen LogP contribution < -0.4 is 5.73 Å². The monoisotopic (exact) mass is 162 g/mol. The van der Waals surface area contributed by atoms with Gasteiger partial charge in [-0.05, 0) is 11.6 Å². The molecule has 1 aromatic rings. The molecule has 0 aromatic heterocycles. The normalized spacial score (nSPS) is 15.7. The first-order valence-corrected chi connectivity index (χ1v) is 4.56. The molecule has 0 saturated carbocycles. The van der Waals surface area contributed by atoms with Crippen molar-refractivity contribution in [1.82, 2.24) is 0 Å². The Morgan fingerprint density at radius 2 is 2.09 bits per heavy atom. The lowest BCUT2D eigenvalue weighted by Gasteiger charge is -2.19. The molecule has 1 atom stereocenters. The largest absolute Gasteiger partial charge is 0.322 e. The molecule has 2 N–H and O–H groups in total. The van der Waals surface area contributed by atoms with E-state index in [-0.39, 0.29) is 5.16 Å². The lowest BCUT2D eigenvalue weighted by atomic mass is 10.1. The van der Waals surface area contributed by atoms with Crippen molar-refractivity contribution in [2.45, 2.75) is 5.16 Å². The van der Waals surface area contributed by atoms with Crippen LogP contribution in [0, 0.1) is 6.07 Å². The Balaban J connectivity index is 3.02. The van der Waals surface area contributed by atoms with E-state index in [4.69, 9.17) is 5.73 Å². The highest BCUT2D eigenvalue weighted by atomic mass is 28.1. The number of hydrogen-bond acceptors (Lipinski definition) is 1. The van der Waals surface area contributed by atoms with Crippen molar-refractivity contribution in [2.75, 3.05) is 0 Å². The molecule has 0 aliphatic carbocycles. The van der Waals surface area contributed by atoms with E-state index in [9.17, 15) is 0 Å². The zero-order valence-corrected chi connectivity index (χ0v) is 8.67. The molecule has 11 heavy (non-hydrogen) atoms. The van der Waals surface area contributed by atoms with Gasteiger partial charge in [0.15, 0.2) is 0 Å². The molecule has 0 spiro atoms. The molecule has 0 aliphatic rings. The van der Waals surface area contributed by atoms with Crippen LogP contribution in [0.15, 0.2) is 36.9 Å². The van der Waals surface area contributed by atoms with Crippen LogP contribution >= 0.6 is 0 Å². The average molecular weight is 162 g/mol. The quantitative estimate of drug-likeness (QED) is 0.486. The second-order valence-corrected chi connectivity index (χ2v) is 4.43. The van der Waals surface area contributed by atoms with Gasteiger partial charge in [0.1, 0.15) is 0 Å². The van der Waals surface area contributed by atoms with Crippen LogP contribution in [0.2, 0.25) is 0 Å². The molecule has 0 aliphatic heterocycles. The van der Waals surface area contributed by atoms with E-state index in [2.05, 4.69) is 12.6 Å². The lowest BCUT2D eigenvalue weighted by Crippen LogP contribution is -2.34. The fourth-order valence-electron chi connectivity index (χ4n) is 0.864. The van der Waals surface area contributed by atoms with Gasteiger partial charge in [0.05, 0.1) is 0 Å². The molecule has 0 bridgehead atoms. The molecule has 1 radical (unpaired) electrons. The molecule has 57 valence electrons. The Labute approximate surface area is 70.3 Å². The van der Waals surface area contributed by atoms with Gasteiger partial charge in [-0.15, -0.1) is 6.58 Å². The summed E-state index contributed by atoms with van der Waals surface area (Å²) in [5.74, 6) is 0. The molecule has 0 heterocycles. The van der Waals surface area contributed by atoms with Crippen LogP contribution in [0.1, 0.15) is 5.56 Å². The lowest BCUT2D eigenvalue weighted by molar-refractivity contribution is 0.811. The molecular weight excluding hydrogens is 150 g/mol. The zero-order chi connectivity index (χ0) is 8.32. The first-order chi connectivity index (χ1) is 5.17. The Morgan fingerprint density at radius 1 is 1.55 bits per heavy atom. The fourth-order valence-corrected chi connectivity index (χ4v) is 1.20. The number of rotatable bonds is 2. The van der Waals surface area contributed by atoms with E-state index < -0.39 is 0 Å². The van der Waals surface area contributed by atoms with Crippen LogP contribution in [0.4, 0.5) is 0 Å². The third-order valence-electron chi connectivity index (χ3n) is 1.76. The third-order valence-corrected chi connectivity index (χ3v) is 2.75. The predicted molar refractivity (Wildman–Crippen MR) is 51.3 cm³/mol. The summed E-state index contributed by atoms with van der Waals surface area (Å²) in [6, 6.07) is 10.7. The van der Waals surface area contributed by atoms with Gasteiger partial charge >= 0.3 is 0 Å². The summed E-state index contributed by atoms with van der Waals surface area (Å²) >= 11 is 0. The van der Waals surface area contributed by atoms with Gasteiger partial charge in [-0.1, -0.05) is 30.3 Å². The maximum Gasteiger partial charge on any atom is 0.0396 e. The summed E-state index contributed by atoms with van der Waals surface area (Å²) < 4.78 is 0. The van der Waals surface area contributed by atoms with E-state index in [1.165, 1.54) is 0 Å². The van der Waals surface area contributed by atoms with Crippen LogP contribution in [0.25, 0.3) is 0 Å². The predicted octanol–water partition coefficient (Wildman–Crippen LogP) is 0.150. The van der Waals surface area contributed by atoms with Crippen LogP contribution in [0.3, 0.4) is 0 Å². The van der Waals surface area contributed by atoms with E-state index in [1.54, 1.807) is 6.08 Å². The number of hydrogen-bond donors (Lipinski definition) is 1. The molecule has 1 aromatic carbocycles. The highest BCUT2D eigenvalue weighted by molar-refractivity contribution is 6.16. The van der Waals surface area contributed by atoms with Gasteiger partial charge in [0.2, 0.25) is 0 Å². The summed E-state index contributed by atoms with van der Waals surface area (Å²) in [7, 11) is 0.882. The molecule has 1 nitrogen and oxygen atoms in total. The summed E-state index contributed by atoms with van der Waals surface area (Å²) in [4.78, 5) is 0. The molecule has 1 unspecified atom stereocenters. The van der Waals surface area contributed by atoms with Crippen molar-refractivity contribution >= 4 is 10.2 Å².